The molecule has 1 heterocycles. The van der Waals surface area contributed by atoms with Gasteiger partial charge in [-0.25, -0.2) is 4.79 Å². The van der Waals surface area contributed by atoms with Crippen molar-refractivity contribution in [2.75, 3.05) is 11.9 Å². The van der Waals surface area contributed by atoms with Crippen LogP contribution in [0, 0.1) is 0 Å². The standard InChI is InChI=1S/C19H17Cl2N3O2/c1-23(10-13-6-3-2-4-7-13)17-12-24(19(26)22-18(17)25)11-14-15(20)8-5-9-16(14)21/h2-9,12H,10-11H2,1H3,(H,22,25,26). The molecule has 0 spiro atoms. The average molecular weight is 390 g/mol. The molecule has 1 aromatic heterocycles. The van der Waals surface area contributed by atoms with E-state index in [4.69, 9.17) is 23.2 Å². The first-order chi connectivity index (χ1) is 12.5. The number of nitrogens with one attached hydrogen (secondary N) is 1. The van der Waals surface area contributed by atoms with Crippen LogP contribution in [0.3, 0.4) is 0 Å². The maximum Gasteiger partial charge on any atom is 0.328 e. The second-order valence-electron chi connectivity index (χ2n) is 5.94. The number of hydrogen-bond donors (Lipinski definition) is 1. The Hall–Kier alpha value is -2.50. The van der Waals surface area contributed by atoms with Crippen molar-refractivity contribution in [2.24, 2.45) is 0 Å². The molecule has 0 radical (unpaired) electrons. The molecule has 26 heavy (non-hydrogen) atoms. The lowest BCUT2D eigenvalue weighted by atomic mass is 10.2. The van der Waals surface area contributed by atoms with E-state index in [1.54, 1.807) is 30.1 Å². The van der Waals surface area contributed by atoms with Crippen LogP contribution in [-0.4, -0.2) is 16.6 Å². The summed E-state index contributed by atoms with van der Waals surface area (Å²) in [5, 5.41) is 0.935. The largest absolute Gasteiger partial charge is 0.365 e. The van der Waals surface area contributed by atoms with E-state index in [0.717, 1.165) is 5.56 Å². The second-order valence-corrected chi connectivity index (χ2v) is 6.76. The van der Waals surface area contributed by atoms with Crippen LogP contribution in [0.4, 0.5) is 5.69 Å². The molecule has 0 bridgehead atoms. The zero-order valence-electron chi connectivity index (χ0n) is 14.1. The summed E-state index contributed by atoms with van der Waals surface area (Å²) in [4.78, 5) is 28.6. The van der Waals surface area contributed by atoms with E-state index < -0.39 is 11.2 Å². The Labute approximate surface area is 160 Å². The smallest absolute Gasteiger partial charge is 0.328 e. The summed E-state index contributed by atoms with van der Waals surface area (Å²) >= 11 is 12.4. The maximum absolute atomic E-state index is 12.2. The molecule has 0 fully saturated rings. The fourth-order valence-corrected chi connectivity index (χ4v) is 3.20. The molecule has 1 N–H and O–H groups in total. The predicted molar refractivity (Wildman–Crippen MR) is 105 cm³/mol. The van der Waals surface area contributed by atoms with Crippen molar-refractivity contribution in [1.29, 1.82) is 0 Å². The Morgan fingerprint density at radius 3 is 2.31 bits per heavy atom. The minimum absolute atomic E-state index is 0.167. The number of anilines is 1. The van der Waals surface area contributed by atoms with Crippen molar-refractivity contribution in [1.82, 2.24) is 9.55 Å². The molecule has 3 aromatic rings. The molecule has 0 unspecified atom stereocenters. The van der Waals surface area contributed by atoms with Crippen LogP contribution < -0.4 is 16.1 Å². The third-order valence-electron chi connectivity index (χ3n) is 4.06. The molecule has 3 rings (SSSR count). The highest BCUT2D eigenvalue weighted by Gasteiger charge is 2.12. The summed E-state index contributed by atoms with van der Waals surface area (Å²) < 4.78 is 1.39. The SMILES string of the molecule is CN(Cc1ccccc1)c1cn(Cc2c(Cl)cccc2Cl)c(=O)[nH]c1=O. The Morgan fingerprint density at radius 2 is 1.65 bits per heavy atom. The first-order valence-corrected chi connectivity index (χ1v) is 8.73. The molecule has 134 valence electrons. The van der Waals surface area contributed by atoms with Crippen LogP contribution in [0.15, 0.2) is 64.3 Å². The van der Waals surface area contributed by atoms with E-state index in [1.807, 2.05) is 30.3 Å². The lowest BCUT2D eigenvalue weighted by Crippen LogP contribution is -2.34. The van der Waals surface area contributed by atoms with Crippen LogP contribution in [0.2, 0.25) is 10.0 Å². The molecular weight excluding hydrogens is 373 g/mol. The van der Waals surface area contributed by atoms with Crippen molar-refractivity contribution in [3.8, 4) is 0 Å². The molecule has 0 amide bonds. The molecule has 0 aliphatic carbocycles. The maximum atomic E-state index is 12.2. The Morgan fingerprint density at radius 1 is 1.00 bits per heavy atom. The number of benzene rings is 2. The number of hydrogen-bond acceptors (Lipinski definition) is 3. The molecular formula is C19H17Cl2N3O2. The number of halogens is 2. The van der Waals surface area contributed by atoms with Gasteiger partial charge in [0.1, 0.15) is 5.69 Å². The highest BCUT2D eigenvalue weighted by molar-refractivity contribution is 6.35. The van der Waals surface area contributed by atoms with Crippen LogP contribution in [0.25, 0.3) is 0 Å². The van der Waals surface area contributed by atoms with Crippen LogP contribution in [0.1, 0.15) is 11.1 Å². The summed E-state index contributed by atoms with van der Waals surface area (Å²) in [7, 11) is 1.80. The minimum Gasteiger partial charge on any atom is -0.365 e. The minimum atomic E-state index is -0.511. The van der Waals surface area contributed by atoms with E-state index in [9.17, 15) is 9.59 Å². The third kappa shape index (κ3) is 4.00. The Kier molecular flexibility index (Phi) is 5.49. The number of aromatic nitrogens is 2. The number of H-pyrrole nitrogens is 1. The second kappa shape index (κ2) is 7.81. The van der Waals surface area contributed by atoms with Gasteiger partial charge in [0.15, 0.2) is 0 Å². The number of aromatic amines is 1. The van der Waals surface area contributed by atoms with Crippen molar-refractivity contribution in [2.45, 2.75) is 13.1 Å². The quantitative estimate of drug-likeness (QED) is 0.725. The lowest BCUT2D eigenvalue weighted by Gasteiger charge is -2.19. The molecule has 0 saturated heterocycles. The van der Waals surface area contributed by atoms with Gasteiger partial charge in [-0.05, 0) is 17.7 Å². The van der Waals surface area contributed by atoms with E-state index in [0.29, 0.717) is 27.8 Å². The third-order valence-corrected chi connectivity index (χ3v) is 4.76. The Balaban J connectivity index is 1.94. The van der Waals surface area contributed by atoms with Crippen LogP contribution in [0.5, 0.6) is 0 Å². The van der Waals surface area contributed by atoms with Gasteiger partial charge in [-0.15, -0.1) is 0 Å². The first-order valence-electron chi connectivity index (χ1n) is 7.97. The Bertz CT molecular complexity index is 1010. The zero-order valence-corrected chi connectivity index (χ0v) is 15.6. The molecule has 0 aliphatic heterocycles. The van der Waals surface area contributed by atoms with E-state index in [2.05, 4.69) is 4.98 Å². The topological polar surface area (TPSA) is 58.1 Å². The van der Waals surface area contributed by atoms with E-state index >= 15 is 0 Å². The summed E-state index contributed by atoms with van der Waals surface area (Å²) in [5.74, 6) is 0. The van der Waals surface area contributed by atoms with Gasteiger partial charge in [-0.3, -0.25) is 14.3 Å². The van der Waals surface area contributed by atoms with Gasteiger partial charge in [0.25, 0.3) is 5.56 Å². The number of nitrogens with zero attached hydrogens (tertiary/aromatic N) is 2. The predicted octanol–water partition coefficient (Wildman–Crippen LogP) is 3.53. The van der Waals surface area contributed by atoms with Gasteiger partial charge in [-0.1, -0.05) is 59.6 Å². The monoisotopic (exact) mass is 389 g/mol. The van der Waals surface area contributed by atoms with Crippen molar-refractivity contribution in [3.05, 3.63) is 96.7 Å². The van der Waals surface area contributed by atoms with Gasteiger partial charge in [0.2, 0.25) is 0 Å². The van der Waals surface area contributed by atoms with Crippen molar-refractivity contribution in [3.63, 3.8) is 0 Å². The van der Waals surface area contributed by atoms with Crippen LogP contribution >= 0.6 is 23.2 Å². The van der Waals surface area contributed by atoms with Gasteiger partial charge in [-0.2, -0.15) is 0 Å². The number of rotatable bonds is 5. The van der Waals surface area contributed by atoms with Gasteiger partial charge < -0.3 is 4.90 Å². The van der Waals surface area contributed by atoms with Gasteiger partial charge in [0, 0.05) is 35.4 Å². The van der Waals surface area contributed by atoms with Gasteiger partial charge in [0.05, 0.1) is 6.54 Å². The molecule has 0 atom stereocenters. The molecule has 5 nitrogen and oxygen atoms in total. The first kappa shape index (κ1) is 18.3. The van der Waals surface area contributed by atoms with Crippen LogP contribution in [-0.2, 0) is 13.1 Å². The highest BCUT2D eigenvalue weighted by atomic mass is 35.5. The lowest BCUT2D eigenvalue weighted by molar-refractivity contribution is 0.713. The van der Waals surface area contributed by atoms with Crippen molar-refractivity contribution >= 4 is 28.9 Å². The highest BCUT2D eigenvalue weighted by Crippen LogP contribution is 2.24. The summed E-state index contributed by atoms with van der Waals surface area (Å²) in [6.45, 7) is 0.704. The molecule has 0 saturated carbocycles. The fourth-order valence-electron chi connectivity index (χ4n) is 2.68. The van der Waals surface area contributed by atoms with E-state index in [-0.39, 0.29) is 6.54 Å². The van der Waals surface area contributed by atoms with Crippen molar-refractivity contribution < 1.29 is 0 Å². The average Bonchev–Trinajstić information content (AvgIpc) is 2.60. The van der Waals surface area contributed by atoms with Gasteiger partial charge >= 0.3 is 5.69 Å². The zero-order chi connectivity index (χ0) is 18.7. The summed E-state index contributed by atoms with van der Waals surface area (Å²) in [6, 6.07) is 14.9. The normalized spacial score (nSPS) is 10.7. The van der Waals surface area contributed by atoms with E-state index in [1.165, 1.54) is 10.8 Å². The summed E-state index contributed by atoms with van der Waals surface area (Å²) in [5.41, 5.74) is 1.12. The molecule has 0 aliphatic rings. The fraction of sp³-hybridized carbons (Fsp3) is 0.158. The molecule has 2 aromatic carbocycles. The summed E-state index contributed by atoms with van der Waals surface area (Å²) in [6.07, 6.45) is 1.53. The molecule has 7 heteroatoms.